The normalized spacial score (nSPS) is 15.8. The second-order valence-corrected chi connectivity index (χ2v) is 9.88. The van der Waals surface area contributed by atoms with Crippen molar-refractivity contribution in [3.63, 3.8) is 0 Å². The smallest absolute Gasteiger partial charge is 0.430 e. The highest BCUT2D eigenvalue weighted by Crippen LogP contribution is 2.42. The molecule has 5 N–H and O–H groups in total. The number of amides is 1. The molecule has 0 fully saturated rings. The number of nitrogens with one attached hydrogen (secondary N) is 1. The molecule has 1 aromatic rings. The van der Waals surface area contributed by atoms with Gasteiger partial charge in [0.2, 0.25) is 18.8 Å². The summed E-state index contributed by atoms with van der Waals surface area (Å²) in [6.45, 7) is 5.87. The summed E-state index contributed by atoms with van der Waals surface area (Å²) in [5, 5.41) is 2.65. The SMILES string of the molecule is CC(=O)N[C@@H](CCCN=C(N)N)C(=O)OCOC(=O)C1=Cc2cc(Cl)c(C(C)(C)C)cc2OC1C(F)(F)F. The molecule has 0 saturated heterocycles. The molecule has 1 aliphatic rings. The summed E-state index contributed by atoms with van der Waals surface area (Å²) in [5.74, 6) is -3.15. The molecule has 1 unspecified atom stereocenters. The van der Waals surface area contributed by atoms with Crippen LogP contribution in [0.25, 0.3) is 6.08 Å². The Balaban J connectivity index is 2.15. The van der Waals surface area contributed by atoms with Crippen LogP contribution < -0.4 is 21.5 Å². The van der Waals surface area contributed by atoms with Gasteiger partial charge in [-0.2, -0.15) is 13.2 Å². The van der Waals surface area contributed by atoms with E-state index in [1.54, 1.807) is 0 Å². The van der Waals surface area contributed by atoms with Gasteiger partial charge in [-0.05, 0) is 42.0 Å². The number of benzene rings is 1. The molecule has 2 atom stereocenters. The van der Waals surface area contributed by atoms with Crippen molar-refractivity contribution in [1.82, 2.24) is 5.32 Å². The van der Waals surface area contributed by atoms with Crippen LogP contribution in [0.1, 0.15) is 51.7 Å². The molecule has 0 saturated carbocycles. The quantitative estimate of drug-likeness (QED) is 0.136. The molecule has 0 bridgehead atoms. The van der Waals surface area contributed by atoms with E-state index in [2.05, 4.69) is 10.3 Å². The molecule has 0 radical (unpaired) electrons. The van der Waals surface area contributed by atoms with E-state index < -0.39 is 53.9 Å². The van der Waals surface area contributed by atoms with Crippen molar-refractivity contribution in [2.45, 2.75) is 64.3 Å². The van der Waals surface area contributed by atoms with E-state index in [0.29, 0.717) is 12.0 Å². The number of hydrogen-bond donors (Lipinski definition) is 3. The summed E-state index contributed by atoms with van der Waals surface area (Å²) < 4.78 is 56.2. The van der Waals surface area contributed by atoms with Crippen LogP contribution in [0.4, 0.5) is 13.2 Å². The van der Waals surface area contributed by atoms with Crippen molar-refractivity contribution in [2.24, 2.45) is 16.5 Å². The second kappa shape index (κ2) is 12.4. The maximum absolute atomic E-state index is 13.8. The number of nitrogens with zero attached hydrogens (tertiary/aromatic N) is 1. The van der Waals surface area contributed by atoms with Gasteiger partial charge in [0.15, 0.2) is 5.96 Å². The number of carbonyl (C=O) groups excluding carboxylic acids is 3. The van der Waals surface area contributed by atoms with Crippen LogP contribution in [0.5, 0.6) is 5.75 Å². The van der Waals surface area contributed by atoms with Crippen molar-refractivity contribution in [1.29, 1.82) is 0 Å². The zero-order valence-corrected chi connectivity index (χ0v) is 22.0. The predicted molar refractivity (Wildman–Crippen MR) is 133 cm³/mol. The number of ether oxygens (including phenoxy) is 3. The lowest BCUT2D eigenvalue weighted by Gasteiger charge is -2.30. The molecule has 1 aliphatic heterocycles. The topological polar surface area (TPSA) is 155 Å². The van der Waals surface area contributed by atoms with Gasteiger partial charge in [0.05, 0.1) is 5.57 Å². The van der Waals surface area contributed by atoms with E-state index in [0.717, 1.165) is 6.08 Å². The Morgan fingerprint density at radius 2 is 1.84 bits per heavy atom. The predicted octanol–water partition coefficient (Wildman–Crippen LogP) is 2.95. The van der Waals surface area contributed by atoms with Crippen LogP contribution in [0, 0.1) is 0 Å². The number of nitrogens with two attached hydrogens (primary N) is 2. The lowest BCUT2D eigenvalue weighted by atomic mass is 9.85. The molecule has 14 heteroatoms. The number of esters is 2. The second-order valence-electron chi connectivity index (χ2n) is 9.47. The molecular weight excluding hydrogens is 533 g/mol. The lowest BCUT2D eigenvalue weighted by molar-refractivity contribution is -0.190. The van der Waals surface area contributed by atoms with E-state index in [-0.39, 0.29) is 35.3 Å². The van der Waals surface area contributed by atoms with Crippen molar-refractivity contribution in [2.75, 3.05) is 13.3 Å². The van der Waals surface area contributed by atoms with Crippen molar-refractivity contribution >= 4 is 41.5 Å². The maximum atomic E-state index is 13.8. The van der Waals surface area contributed by atoms with Crippen LogP contribution in [0.15, 0.2) is 22.7 Å². The van der Waals surface area contributed by atoms with Gasteiger partial charge in [-0.3, -0.25) is 9.79 Å². The number of carbonyl (C=O) groups is 3. The van der Waals surface area contributed by atoms with Gasteiger partial charge in [0.25, 0.3) is 0 Å². The first kappa shape index (κ1) is 30.7. The number of alkyl halides is 3. The molecule has 2 rings (SSSR count). The Kier molecular flexibility index (Phi) is 10.0. The number of aliphatic imine (C=N–C) groups is 1. The Bertz CT molecular complexity index is 1130. The van der Waals surface area contributed by atoms with Gasteiger partial charge in [-0.25, -0.2) is 9.59 Å². The van der Waals surface area contributed by atoms with E-state index in [9.17, 15) is 27.6 Å². The van der Waals surface area contributed by atoms with Gasteiger partial charge in [-0.1, -0.05) is 32.4 Å². The summed E-state index contributed by atoms with van der Waals surface area (Å²) in [5.41, 5.74) is 9.85. The molecule has 0 spiro atoms. The minimum Gasteiger partial charge on any atom is -0.475 e. The summed E-state index contributed by atoms with van der Waals surface area (Å²) >= 11 is 6.31. The molecule has 1 aromatic carbocycles. The number of guanidine groups is 1. The fourth-order valence-electron chi connectivity index (χ4n) is 3.52. The van der Waals surface area contributed by atoms with Crippen molar-refractivity contribution in [3.05, 3.63) is 33.9 Å². The summed E-state index contributed by atoms with van der Waals surface area (Å²) in [4.78, 5) is 40.1. The first-order valence-electron chi connectivity index (χ1n) is 11.5. The number of halogens is 4. The highest BCUT2D eigenvalue weighted by Gasteiger charge is 2.49. The zero-order chi connectivity index (χ0) is 28.8. The van der Waals surface area contributed by atoms with E-state index in [1.807, 2.05) is 20.8 Å². The highest BCUT2D eigenvalue weighted by atomic mass is 35.5. The van der Waals surface area contributed by atoms with Crippen LogP contribution >= 0.6 is 11.6 Å². The molecule has 38 heavy (non-hydrogen) atoms. The molecule has 1 amide bonds. The fraction of sp³-hybridized carbons (Fsp3) is 0.500. The highest BCUT2D eigenvalue weighted by molar-refractivity contribution is 6.31. The molecule has 0 aliphatic carbocycles. The van der Waals surface area contributed by atoms with Crippen LogP contribution in [-0.4, -0.2) is 55.5 Å². The average Bonchev–Trinajstić information content (AvgIpc) is 2.77. The molecule has 10 nitrogen and oxygen atoms in total. The van der Waals surface area contributed by atoms with Crippen molar-refractivity contribution in [3.8, 4) is 5.75 Å². The first-order valence-corrected chi connectivity index (χ1v) is 11.8. The third-order valence-electron chi connectivity index (χ3n) is 5.28. The number of rotatable bonds is 9. The van der Waals surface area contributed by atoms with Gasteiger partial charge < -0.3 is 31.0 Å². The molecule has 210 valence electrons. The Labute approximate surface area is 222 Å². The first-order chi connectivity index (χ1) is 17.5. The number of hydrogen-bond acceptors (Lipinski definition) is 7. The van der Waals surface area contributed by atoms with Gasteiger partial charge >= 0.3 is 18.1 Å². The van der Waals surface area contributed by atoms with Crippen LogP contribution in [0.2, 0.25) is 5.02 Å². The molecule has 0 aromatic heterocycles. The third kappa shape index (κ3) is 8.54. The van der Waals surface area contributed by atoms with Crippen molar-refractivity contribution < 1.29 is 41.8 Å². The van der Waals surface area contributed by atoms with Crippen LogP contribution in [0.3, 0.4) is 0 Å². The van der Waals surface area contributed by atoms with Gasteiger partial charge in [-0.15, -0.1) is 0 Å². The Morgan fingerprint density at radius 3 is 2.39 bits per heavy atom. The summed E-state index contributed by atoms with van der Waals surface area (Å²) in [6, 6.07) is 1.69. The third-order valence-corrected chi connectivity index (χ3v) is 5.59. The summed E-state index contributed by atoms with van der Waals surface area (Å²) in [7, 11) is 0. The van der Waals surface area contributed by atoms with E-state index in [1.165, 1.54) is 19.1 Å². The maximum Gasteiger partial charge on any atom is 0.430 e. The minimum absolute atomic E-state index is 0.0897. The lowest BCUT2D eigenvalue weighted by Crippen LogP contribution is -2.42. The minimum atomic E-state index is -4.95. The number of fused-ring (bicyclic) bond motifs is 1. The fourth-order valence-corrected chi connectivity index (χ4v) is 3.98. The Hall–Kier alpha value is -3.48. The Morgan fingerprint density at radius 1 is 1.18 bits per heavy atom. The summed E-state index contributed by atoms with van der Waals surface area (Å²) in [6.07, 6.45) is -6.20. The molecular formula is C24H30ClF3N4O6. The standard InChI is InChI=1S/C24H30ClF3N4O6/c1-12(33)32-17(6-5-7-31-22(29)30)21(35)37-11-36-20(34)14-8-13-9-16(25)15(23(2,3)4)10-18(13)38-19(14)24(26,27)28/h8-10,17,19H,5-7,11H2,1-4H3,(H,32,33)(H4,29,30,31)/t17-,19?/m0/s1. The molecule has 1 heterocycles. The van der Waals surface area contributed by atoms with E-state index in [4.69, 9.17) is 37.3 Å². The zero-order valence-electron chi connectivity index (χ0n) is 21.3. The average molecular weight is 563 g/mol. The van der Waals surface area contributed by atoms with Gasteiger partial charge in [0.1, 0.15) is 11.8 Å². The van der Waals surface area contributed by atoms with E-state index >= 15 is 0 Å². The monoisotopic (exact) mass is 562 g/mol. The van der Waals surface area contributed by atoms with Gasteiger partial charge in [0, 0.05) is 24.1 Å². The largest absolute Gasteiger partial charge is 0.475 e. The van der Waals surface area contributed by atoms with Crippen LogP contribution in [-0.2, 0) is 29.3 Å².